The van der Waals surface area contributed by atoms with Crippen LogP contribution in [0.15, 0.2) is 34.9 Å². The molecule has 0 radical (unpaired) electrons. The highest BCUT2D eigenvalue weighted by Crippen LogP contribution is 2.29. The fourth-order valence-corrected chi connectivity index (χ4v) is 2.91. The van der Waals surface area contributed by atoms with E-state index in [1.54, 1.807) is 12.1 Å². The lowest BCUT2D eigenvalue weighted by Gasteiger charge is -2.09. The van der Waals surface area contributed by atoms with Gasteiger partial charge in [0.2, 0.25) is 0 Å². The predicted octanol–water partition coefficient (Wildman–Crippen LogP) is 4.48. The van der Waals surface area contributed by atoms with Crippen molar-refractivity contribution in [2.24, 2.45) is 0 Å². The molecule has 1 aliphatic carbocycles. The Morgan fingerprint density at radius 3 is 2.90 bits per heavy atom. The largest absolute Gasteiger partial charge is 0.484 e. The monoisotopic (exact) mass is 338 g/mol. The smallest absolute Gasteiger partial charge is 0.165 e. The molecule has 0 amide bonds. The Balaban J connectivity index is 1.64. The van der Waals surface area contributed by atoms with Gasteiger partial charge in [0.1, 0.15) is 6.61 Å². The van der Waals surface area contributed by atoms with Gasteiger partial charge in [-0.1, -0.05) is 28.8 Å². The van der Waals surface area contributed by atoms with Crippen molar-refractivity contribution in [2.75, 3.05) is 0 Å². The van der Waals surface area contributed by atoms with Crippen molar-refractivity contribution in [2.45, 2.75) is 38.3 Å². The molecule has 106 valence electrons. The van der Waals surface area contributed by atoms with E-state index >= 15 is 0 Å². The number of nitrogens with zero attached hydrogens (tertiary/aromatic N) is 2. The summed E-state index contributed by atoms with van der Waals surface area (Å²) in [6.07, 6.45) is 6.94. The maximum absolute atomic E-state index is 13.6. The standard InChI is InChI=1S/C15H16BrFN2O/c16-11-5-6-14(17)15(9-11)20-10-12-7-8-19(18-12)13-3-1-2-4-13/h5-9,13H,1-4,10H2. The topological polar surface area (TPSA) is 27.1 Å². The van der Waals surface area contributed by atoms with Crippen LogP contribution >= 0.6 is 15.9 Å². The quantitative estimate of drug-likeness (QED) is 0.821. The first-order valence-corrected chi connectivity index (χ1v) is 7.63. The molecule has 0 spiro atoms. The molecule has 0 atom stereocenters. The minimum atomic E-state index is -0.358. The number of hydrogen-bond donors (Lipinski definition) is 0. The summed E-state index contributed by atoms with van der Waals surface area (Å²) in [7, 11) is 0. The van der Waals surface area contributed by atoms with Crippen molar-refractivity contribution in [3.63, 3.8) is 0 Å². The highest BCUT2D eigenvalue weighted by atomic mass is 79.9. The third kappa shape index (κ3) is 3.03. The van der Waals surface area contributed by atoms with E-state index in [1.165, 1.54) is 31.7 Å². The Kier molecular flexibility index (Phi) is 4.05. The van der Waals surface area contributed by atoms with Crippen LogP contribution in [0.2, 0.25) is 0 Å². The average Bonchev–Trinajstić information content (AvgIpc) is 3.09. The SMILES string of the molecule is Fc1ccc(Br)cc1OCc1ccn(C2CCCC2)n1. The zero-order valence-electron chi connectivity index (χ0n) is 11.1. The van der Waals surface area contributed by atoms with Gasteiger partial charge < -0.3 is 4.74 Å². The average molecular weight is 339 g/mol. The Hall–Kier alpha value is -1.36. The second-order valence-electron chi connectivity index (χ2n) is 5.09. The summed E-state index contributed by atoms with van der Waals surface area (Å²) in [6.45, 7) is 0.285. The van der Waals surface area contributed by atoms with E-state index in [0.29, 0.717) is 6.04 Å². The molecule has 0 aliphatic heterocycles. The van der Waals surface area contributed by atoms with Crippen molar-refractivity contribution in [3.05, 3.63) is 46.4 Å². The molecular formula is C15H16BrFN2O. The molecule has 1 heterocycles. The molecule has 0 N–H and O–H groups in total. The first-order chi connectivity index (χ1) is 9.72. The highest BCUT2D eigenvalue weighted by molar-refractivity contribution is 9.10. The van der Waals surface area contributed by atoms with Gasteiger partial charge in [-0.15, -0.1) is 0 Å². The van der Waals surface area contributed by atoms with Crippen LogP contribution in [0.1, 0.15) is 37.4 Å². The van der Waals surface area contributed by atoms with Crippen LogP contribution in [0.3, 0.4) is 0 Å². The van der Waals surface area contributed by atoms with Crippen LogP contribution in [0.5, 0.6) is 5.75 Å². The lowest BCUT2D eigenvalue weighted by atomic mass is 10.3. The van der Waals surface area contributed by atoms with Gasteiger partial charge in [0.15, 0.2) is 11.6 Å². The molecule has 1 aromatic heterocycles. The van der Waals surface area contributed by atoms with Crippen LogP contribution in [0, 0.1) is 5.82 Å². The minimum Gasteiger partial charge on any atom is -0.484 e. The van der Waals surface area contributed by atoms with Gasteiger partial charge in [-0.2, -0.15) is 5.10 Å². The molecule has 1 saturated carbocycles. The molecule has 0 unspecified atom stereocenters. The van der Waals surface area contributed by atoms with Gasteiger partial charge in [0.05, 0.1) is 11.7 Å². The molecule has 5 heteroatoms. The fourth-order valence-electron chi connectivity index (χ4n) is 2.57. The molecular weight excluding hydrogens is 323 g/mol. The summed E-state index contributed by atoms with van der Waals surface area (Å²) in [6, 6.07) is 7.12. The molecule has 0 saturated heterocycles. The number of rotatable bonds is 4. The van der Waals surface area contributed by atoms with Crippen LogP contribution < -0.4 is 4.74 Å². The van der Waals surface area contributed by atoms with Crippen molar-refractivity contribution in [3.8, 4) is 5.75 Å². The highest BCUT2D eigenvalue weighted by Gasteiger charge is 2.17. The molecule has 0 bridgehead atoms. The fraction of sp³-hybridized carbons (Fsp3) is 0.400. The zero-order valence-corrected chi connectivity index (χ0v) is 12.6. The van der Waals surface area contributed by atoms with Crippen LogP contribution in [-0.2, 0) is 6.61 Å². The third-order valence-electron chi connectivity index (χ3n) is 3.63. The molecule has 1 aromatic carbocycles. The van der Waals surface area contributed by atoms with Gasteiger partial charge in [-0.05, 0) is 37.1 Å². The predicted molar refractivity (Wildman–Crippen MR) is 78.2 cm³/mol. The zero-order chi connectivity index (χ0) is 13.9. The second-order valence-corrected chi connectivity index (χ2v) is 6.00. The minimum absolute atomic E-state index is 0.245. The Labute approximate surface area is 125 Å². The Bertz CT molecular complexity index is 593. The van der Waals surface area contributed by atoms with E-state index in [1.807, 2.05) is 16.9 Å². The lowest BCUT2D eigenvalue weighted by molar-refractivity contribution is 0.283. The van der Waals surface area contributed by atoms with Crippen molar-refractivity contribution < 1.29 is 9.13 Å². The first kappa shape index (κ1) is 13.6. The van der Waals surface area contributed by atoms with E-state index in [9.17, 15) is 4.39 Å². The van der Waals surface area contributed by atoms with Gasteiger partial charge in [-0.25, -0.2) is 4.39 Å². The summed E-state index contributed by atoms with van der Waals surface area (Å²) < 4.78 is 21.9. The Morgan fingerprint density at radius 1 is 1.30 bits per heavy atom. The van der Waals surface area contributed by atoms with E-state index in [-0.39, 0.29) is 18.2 Å². The van der Waals surface area contributed by atoms with Crippen LogP contribution in [0.4, 0.5) is 4.39 Å². The molecule has 20 heavy (non-hydrogen) atoms. The summed E-state index contributed by atoms with van der Waals surface area (Å²) in [5.74, 6) is -0.113. The van der Waals surface area contributed by atoms with E-state index in [4.69, 9.17) is 4.74 Å². The number of benzene rings is 1. The van der Waals surface area contributed by atoms with Crippen LogP contribution in [-0.4, -0.2) is 9.78 Å². The summed E-state index contributed by atoms with van der Waals surface area (Å²) in [5, 5.41) is 4.52. The van der Waals surface area contributed by atoms with E-state index in [0.717, 1.165) is 10.2 Å². The number of halogens is 2. The number of ether oxygens (including phenoxy) is 1. The molecule has 2 aromatic rings. The van der Waals surface area contributed by atoms with Gasteiger partial charge in [0.25, 0.3) is 0 Å². The molecule has 1 fully saturated rings. The molecule has 3 rings (SSSR count). The Morgan fingerprint density at radius 2 is 2.10 bits per heavy atom. The second kappa shape index (κ2) is 5.95. The number of aromatic nitrogens is 2. The third-order valence-corrected chi connectivity index (χ3v) is 4.12. The number of hydrogen-bond acceptors (Lipinski definition) is 2. The van der Waals surface area contributed by atoms with Gasteiger partial charge in [-0.3, -0.25) is 4.68 Å². The maximum atomic E-state index is 13.6. The molecule has 1 aliphatic rings. The maximum Gasteiger partial charge on any atom is 0.165 e. The van der Waals surface area contributed by atoms with E-state index < -0.39 is 0 Å². The van der Waals surface area contributed by atoms with Crippen LogP contribution in [0.25, 0.3) is 0 Å². The summed E-state index contributed by atoms with van der Waals surface area (Å²) >= 11 is 3.30. The summed E-state index contributed by atoms with van der Waals surface area (Å²) in [4.78, 5) is 0. The van der Waals surface area contributed by atoms with Crippen molar-refractivity contribution in [1.82, 2.24) is 9.78 Å². The van der Waals surface area contributed by atoms with Crippen molar-refractivity contribution >= 4 is 15.9 Å². The van der Waals surface area contributed by atoms with Gasteiger partial charge >= 0.3 is 0 Å². The normalized spacial score (nSPS) is 15.7. The molecule has 3 nitrogen and oxygen atoms in total. The lowest BCUT2D eigenvalue weighted by Crippen LogP contribution is -2.06. The van der Waals surface area contributed by atoms with E-state index in [2.05, 4.69) is 21.0 Å². The summed E-state index contributed by atoms with van der Waals surface area (Å²) in [5.41, 5.74) is 0.830. The van der Waals surface area contributed by atoms with Gasteiger partial charge in [0, 0.05) is 10.7 Å². The first-order valence-electron chi connectivity index (χ1n) is 6.84. The van der Waals surface area contributed by atoms with Crippen molar-refractivity contribution in [1.29, 1.82) is 0 Å².